The monoisotopic (exact) mass is 229 g/mol. The molecular weight excluding hydrogens is 214 g/mol. The Balaban J connectivity index is 2.35. The highest BCUT2D eigenvalue weighted by molar-refractivity contribution is 7.89. The first kappa shape index (κ1) is 12.2. The quantitative estimate of drug-likeness (QED) is 0.814. The van der Waals surface area contributed by atoms with Crippen LogP contribution in [-0.2, 0) is 21.2 Å². The predicted octanol–water partition coefficient (Wildman–Crippen LogP) is 0.880. The second-order valence-electron chi connectivity index (χ2n) is 3.26. The molecule has 0 radical (unpaired) electrons. The first-order chi connectivity index (χ1) is 7.00. The Kier molecular flexibility index (Phi) is 4.26. The second-order valence-corrected chi connectivity index (χ2v) is 5.10. The normalized spacial score (nSPS) is 13.7. The van der Waals surface area contributed by atoms with E-state index in [1.165, 1.54) is 6.92 Å². The molecule has 1 rings (SSSR count). The van der Waals surface area contributed by atoms with E-state index in [1.807, 2.05) is 30.3 Å². The van der Waals surface area contributed by atoms with Crippen molar-refractivity contribution in [3.63, 3.8) is 0 Å². The van der Waals surface area contributed by atoms with Gasteiger partial charge >= 0.3 is 0 Å². The fourth-order valence-corrected chi connectivity index (χ4v) is 1.37. The van der Waals surface area contributed by atoms with Crippen molar-refractivity contribution in [1.82, 2.24) is 0 Å². The van der Waals surface area contributed by atoms with Crippen molar-refractivity contribution in [3.05, 3.63) is 35.9 Å². The smallest absolute Gasteiger partial charge is 0.235 e. The molecule has 0 aromatic heterocycles. The highest BCUT2D eigenvalue weighted by Crippen LogP contribution is 2.02. The Morgan fingerprint density at radius 1 is 1.33 bits per heavy atom. The molecule has 0 aliphatic carbocycles. The minimum atomic E-state index is -3.58. The van der Waals surface area contributed by atoms with Crippen molar-refractivity contribution in [2.24, 2.45) is 5.14 Å². The molecule has 5 heteroatoms. The van der Waals surface area contributed by atoms with Crippen LogP contribution in [0.15, 0.2) is 30.3 Å². The van der Waals surface area contributed by atoms with Crippen molar-refractivity contribution < 1.29 is 13.2 Å². The molecule has 0 bridgehead atoms. The summed E-state index contributed by atoms with van der Waals surface area (Å²) in [5.41, 5.74) is 0.167. The second kappa shape index (κ2) is 5.25. The lowest BCUT2D eigenvalue weighted by Crippen LogP contribution is -2.28. The van der Waals surface area contributed by atoms with E-state index in [0.29, 0.717) is 13.0 Å². The van der Waals surface area contributed by atoms with Crippen LogP contribution >= 0.6 is 0 Å². The minimum Gasteiger partial charge on any atom is -0.361 e. The molecule has 0 fully saturated rings. The van der Waals surface area contributed by atoms with Crippen LogP contribution < -0.4 is 5.14 Å². The molecule has 1 aromatic carbocycles. The maximum atomic E-state index is 10.8. The Morgan fingerprint density at radius 2 is 1.93 bits per heavy atom. The summed E-state index contributed by atoms with van der Waals surface area (Å²) in [6.07, 6.45) is 0.681. The van der Waals surface area contributed by atoms with E-state index >= 15 is 0 Å². The van der Waals surface area contributed by atoms with E-state index in [-0.39, 0.29) is 0 Å². The van der Waals surface area contributed by atoms with Gasteiger partial charge in [0.25, 0.3) is 0 Å². The third-order valence-corrected chi connectivity index (χ3v) is 3.11. The van der Waals surface area contributed by atoms with Crippen molar-refractivity contribution in [1.29, 1.82) is 0 Å². The van der Waals surface area contributed by atoms with Gasteiger partial charge in [-0.05, 0) is 18.9 Å². The SMILES string of the molecule is CC(OCCc1ccccc1)S(N)(=O)=O. The number of primary sulfonamides is 1. The molecule has 1 aromatic rings. The summed E-state index contributed by atoms with van der Waals surface area (Å²) in [5, 5.41) is 4.91. The summed E-state index contributed by atoms with van der Waals surface area (Å²) in [6.45, 7) is 1.78. The van der Waals surface area contributed by atoms with Gasteiger partial charge in [-0.2, -0.15) is 0 Å². The molecule has 0 aliphatic rings. The predicted molar refractivity (Wildman–Crippen MR) is 58.7 cm³/mol. The topological polar surface area (TPSA) is 69.4 Å². The lowest BCUT2D eigenvalue weighted by atomic mass is 10.2. The van der Waals surface area contributed by atoms with E-state index in [4.69, 9.17) is 9.88 Å². The minimum absolute atomic E-state index is 0.349. The van der Waals surface area contributed by atoms with E-state index in [9.17, 15) is 8.42 Å². The summed E-state index contributed by atoms with van der Waals surface area (Å²) >= 11 is 0. The van der Waals surface area contributed by atoms with Gasteiger partial charge in [0.05, 0.1) is 6.61 Å². The molecule has 0 heterocycles. The molecular formula is C10H15NO3S. The Hall–Kier alpha value is -0.910. The first-order valence-electron chi connectivity index (χ1n) is 4.67. The zero-order valence-corrected chi connectivity index (χ0v) is 9.41. The zero-order valence-electron chi connectivity index (χ0n) is 8.59. The number of rotatable bonds is 5. The van der Waals surface area contributed by atoms with Crippen LogP contribution in [-0.4, -0.2) is 20.5 Å². The fourth-order valence-electron chi connectivity index (χ4n) is 1.08. The van der Waals surface area contributed by atoms with Crippen LogP contribution in [0.2, 0.25) is 0 Å². The number of ether oxygens (including phenoxy) is 1. The van der Waals surface area contributed by atoms with Crippen molar-refractivity contribution in [2.45, 2.75) is 18.8 Å². The van der Waals surface area contributed by atoms with Crippen molar-refractivity contribution in [3.8, 4) is 0 Å². The molecule has 84 valence electrons. The van der Waals surface area contributed by atoms with Gasteiger partial charge in [0, 0.05) is 0 Å². The molecule has 0 aliphatic heterocycles. The van der Waals surface area contributed by atoms with Crippen molar-refractivity contribution in [2.75, 3.05) is 6.61 Å². The van der Waals surface area contributed by atoms with Gasteiger partial charge in [-0.3, -0.25) is 0 Å². The van der Waals surface area contributed by atoms with Crippen LogP contribution in [0.3, 0.4) is 0 Å². The fraction of sp³-hybridized carbons (Fsp3) is 0.400. The van der Waals surface area contributed by atoms with E-state index < -0.39 is 15.5 Å². The van der Waals surface area contributed by atoms with E-state index in [2.05, 4.69) is 0 Å². The largest absolute Gasteiger partial charge is 0.361 e. The molecule has 0 amide bonds. The Bertz CT molecular complexity index is 388. The number of nitrogens with two attached hydrogens (primary N) is 1. The van der Waals surface area contributed by atoms with E-state index in [0.717, 1.165) is 5.56 Å². The number of hydrogen-bond acceptors (Lipinski definition) is 3. The number of benzene rings is 1. The van der Waals surface area contributed by atoms with Gasteiger partial charge in [-0.25, -0.2) is 13.6 Å². The van der Waals surface area contributed by atoms with Crippen LogP contribution in [0, 0.1) is 0 Å². The van der Waals surface area contributed by atoms with Gasteiger partial charge in [0.1, 0.15) is 0 Å². The summed E-state index contributed by atoms with van der Waals surface area (Å²) in [5.74, 6) is 0. The molecule has 0 saturated carbocycles. The third-order valence-electron chi connectivity index (χ3n) is 2.05. The lowest BCUT2D eigenvalue weighted by molar-refractivity contribution is 0.119. The highest BCUT2D eigenvalue weighted by Gasteiger charge is 2.14. The third kappa shape index (κ3) is 4.42. The van der Waals surface area contributed by atoms with Crippen LogP contribution in [0.1, 0.15) is 12.5 Å². The zero-order chi connectivity index (χ0) is 11.3. The molecule has 15 heavy (non-hydrogen) atoms. The maximum Gasteiger partial charge on any atom is 0.235 e. The van der Waals surface area contributed by atoms with E-state index in [1.54, 1.807) is 0 Å². The molecule has 2 N–H and O–H groups in total. The van der Waals surface area contributed by atoms with Crippen LogP contribution in [0.4, 0.5) is 0 Å². The van der Waals surface area contributed by atoms with Crippen LogP contribution in [0.5, 0.6) is 0 Å². The van der Waals surface area contributed by atoms with Gasteiger partial charge in [0.2, 0.25) is 10.0 Å². The number of sulfonamides is 1. The Morgan fingerprint density at radius 3 is 2.47 bits per heavy atom. The molecule has 0 spiro atoms. The average molecular weight is 229 g/mol. The van der Waals surface area contributed by atoms with Gasteiger partial charge in [0.15, 0.2) is 5.44 Å². The highest BCUT2D eigenvalue weighted by atomic mass is 32.2. The lowest BCUT2D eigenvalue weighted by Gasteiger charge is -2.10. The van der Waals surface area contributed by atoms with Gasteiger partial charge < -0.3 is 4.74 Å². The average Bonchev–Trinajstić information content (AvgIpc) is 2.18. The summed E-state index contributed by atoms with van der Waals surface area (Å²) in [7, 11) is -3.58. The molecule has 4 nitrogen and oxygen atoms in total. The molecule has 1 atom stereocenters. The van der Waals surface area contributed by atoms with Crippen LogP contribution in [0.25, 0.3) is 0 Å². The summed E-state index contributed by atoms with van der Waals surface area (Å²) < 4.78 is 26.8. The molecule has 1 unspecified atom stereocenters. The maximum absolute atomic E-state index is 10.8. The Labute approximate surface area is 90.1 Å². The number of hydrogen-bond donors (Lipinski definition) is 1. The standard InChI is InChI=1S/C10H15NO3S/c1-9(15(11,12)13)14-8-7-10-5-3-2-4-6-10/h2-6,9H,7-8H2,1H3,(H2,11,12,13). The molecule has 0 saturated heterocycles. The van der Waals surface area contributed by atoms with Gasteiger partial charge in [-0.15, -0.1) is 0 Å². The first-order valence-corrected chi connectivity index (χ1v) is 6.28. The summed E-state index contributed by atoms with van der Waals surface area (Å²) in [4.78, 5) is 0. The van der Waals surface area contributed by atoms with Crippen molar-refractivity contribution >= 4 is 10.0 Å². The summed E-state index contributed by atoms with van der Waals surface area (Å²) in [6, 6.07) is 9.71. The van der Waals surface area contributed by atoms with Gasteiger partial charge in [-0.1, -0.05) is 30.3 Å².